The van der Waals surface area contributed by atoms with E-state index in [4.69, 9.17) is 0 Å². The monoisotopic (exact) mass is 824 g/mol. The summed E-state index contributed by atoms with van der Waals surface area (Å²) in [6.07, 6.45) is 4.33. The molecule has 13 rings (SSSR count). The van der Waals surface area contributed by atoms with Crippen molar-refractivity contribution in [2.45, 2.75) is 18.3 Å². The first-order valence-electron chi connectivity index (χ1n) is 22.9. The normalized spacial score (nSPS) is 13.2. The first-order chi connectivity index (χ1) is 32.2. The largest absolute Gasteiger partial charge is 0.0622 e. The molecule has 0 saturated heterocycles. The molecule has 0 aromatic heterocycles. The van der Waals surface area contributed by atoms with Gasteiger partial charge in [-0.05, 0) is 146 Å². The van der Waals surface area contributed by atoms with Crippen LogP contribution in [0, 0.1) is 0 Å². The Morgan fingerprint density at radius 3 is 1.38 bits per heavy atom. The highest BCUT2D eigenvalue weighted by molar-refractivity contribution is 6.21. The van der Waals surface area contributed by atoms with Crippen molar-refractivity contribution in [3.05, 3.63) is 276 Å². The van der Waals surface area contributed by atoms with E-state index in [0.29, 0.717) is 0 Å². The van der Waals surface area contributed by atoms with E-state index in [-0.39, 0.29) is 5.41 Å². The van der Waals surface area contributed by atoms with Crippen LogP contribution in [0.3, 0.4) is 0 Å². The van der Waals surface area contributed by atoms with Crippen molar-refractivity contribution in [1.29, 1.82) is 0 Å². The van der Waals surface area contributed by atoms with E-state index in [1.165, 1.54) is 121 Å². The Morgan fingerprint density at radius 1 is 0.354 bits per heavy atom. The number of hydrogen-bond acceptors (Lipinski definition) is 0. The molecule has 0 bridgehead atoms. The van der Waals surface area contributed by atoms with Crippen LogP contribution in [0.2, 0.25) is 0 Å². The maximum Gasteiger partial charge on any atom is 0.0296 e. The van der Waals surface area contributed by atoms with Crippen LogP contribution in [0.1, 0.15) is 38.9 Å². The molecule has 65 heavy (non-hydrogen) atoms. The summed E-state index contributed by atoms with van der Waals surface area (Å²) in [5.74, 6) is 0. The van der Waals surface area contributed by atoms with E-state index >= 15 is 0 Å². The van der Waals surface area contributed by atoms with E-state index in [1.54, 1.807) is 0 Å². The highest BCUT2D eigenvalue weighted by atomic mass is 14.5. The lowest BCUT2D eigenvalue weighted by Gasteiger charge is -2.37. The topological polar surface area (TPSA) is 0 Å². The SMILES string of the molecule is C(=C(c1ccccc1)c1ccccc1)c1ccc(-c2c3ccccc3c(-c3ccc(-c4ccc5c(c4)C4(Cc6cccc7cccc(c67)C4)c4ccccc4-5)cc3)c3ccccc23)cc1. The summed E-state index contributed by atoms with van der Waals surface area (Å²) in [7, 11) is 0. The zero-order valence-electron chi connectivity index (χ0n) is 36.0. The van der Waals surface area contributed by atoms with Crippen molar-refractivity contribution in [3.63, 3.8) is 0 Å². The fraction of sp³-hybridized carbons (Fsp3) is 0.0462. The van der Waals surface area contributed by atoms with E-state index in [1.807, 2.05) is 0 Å². The summed E-state index contributed by atoms with van der Waals surface area (Å²) in [5, 5.41) is 7.85. The van der Waals surface area contributed by atoms with Crippen molar-refractivity contribution >= 4 is 44.0 Å². The lowest BCUT2D eigenvalue weighted by molar-refractivity contribution is 0.513. The van der Waals surface area contributed by atoms with Gasteiger partial charge in [-0.25, -0.2) is 0 Å². The van der Waals surface area contributed by atoms with Crippen LogP contribution >= 0.6 is 0 Å². The molecule has 0 heterocycles. The second-order valence-electron chi connectivity index (χ2n) is 18.0. The standard InChI is InChI=1S/C65H44/c1-3-15-45(16-4-1)59(46-17-5-2-6-18-46)39-43-29-31-48(32-30-43)63-55-24-7-9-26-57(55)64(58-27-10-8-25-56(58)63)49-35-33-44(34-36-49)50-37-38-54-53-23-11-12-28-60(53)65(61(54)40-50)41-51-21-13-19-47-20-14-22-52(42-65)62(47)51/h1-40H,41-42H2. The van der Waals surface area contributed by atoms with Crippen LogP contribution < -0.4 is 0 Å². The van der Waals surface area contributed by atoms with Crippen molar-refractivity contribution in [2.75, 3.05) is 0 Å². The summed E-state index contributed by atoms with van der Waals surface area (Å²) in [6, 6.07) is 88.0. The van der Waals surface area contributed by atoms with Gasteiger partial charge in [-0.3, -0.25) is 0 Å². The second-order valence-corrected chi connectivity index (χ2v) is 18.0. The molecule has 0 radical (unpaired) electrons. The molecular formula is C65H44. The highest BCUT2D eigenvalue weighted by Crippen LogP contribution is 2.56. The van der Waals surface area contributed by atoms with Gasteiger partial charge >= 0.3 is 0 Å². The minimum Gasteiger partial charge on any atom is -0.0622 e. The van der Waals surface area contributed by atoms with Gasteiger partial charge in [0.25, 0.3) is 0 Å². The maximum absolute atomic E-state index is 2.52. The zero-order valence-corrected chi connectivity index (χ0v) is 36.0. The molecule has 0 amide bonds. The predicted octanol–water partition coefficient (Wildman–Crippen LogP) is 16.8. The third-order valence-electron chi connectivity index (χ3n) is 14.4. The first-order valence-corrected chi connectivity index (χ1v) is 22.9. The minimum absolute atomic E-state index is 0.103. The zero-order chi connectivity index (χ0) is 42.9. The molecule has 2 aliphatic rings. The average molecular weight is 825 g/mol. The smallest absolute Gasteiger partial charge is 0.0296 e. The molecule has 11 aromatic carbocycles. The molecule has 0 heteroatoms. The van der Waals surface area contributed by atoms with Gasteiger partial charge < -0.3 is 0 Å². The van der Waals surface area contributed by atoms with Crippen molar-refractivity contribution in [3.8, 4) is 44.5 Å². The fourth-order valence-corrected chi connectivity index (χ4v) is 11.6. The van der Waals surface area contributed by atoms with Gasteiger partial charge in [0.15, 0.2) is 0 Å². The molecule has 0 aliphatic heterocycles. The van der Waals surface area contributed by atoms with Crippen LogP contribution in [0.5, 0.6) is 0 Å². The van der Waals surface area contributed by atoms with Gasteiger partial charge in [-0.2, -0.15) is 0 Å². The van der Waals surface area contributed by atoms with Gasteiger partial charge in [-0.15, -0.1) is 0 Å². The van der Waals surface area contributed by atoms with Crippen molar-refractivity contribution < 1.29 is 0 Å². The van der Waals surface area contributed by atoms with E-state index in [2.05, 4.69) is 243 Å². The minimum atomic E-state index is -0.103. The lowest BCUT2D eigenvalue weighted by Crippen LogP contribution is -2.33. The summed E-state index contributed by atoms with van der Waals surface area (Å²) < 4.78 is 0. The first kappa shape index (κ1) is 37.5. The molecule has 0 fully saturated rings. The summed E-state index contributed by atoms with van der Waals surface area (Å²) >= 11 is 0. The van der Waals surface area contributed by atoms with Gasteiger partial charge in [-0.1, -0.05) is 231 Å². The van der Waals surface area contributed by atoms with Crippen LogP contribution in [-0.4, -0.2) is 0 Å². The molecule has 304 valence electrons. The van der Waals surface area contributed by atoms with Crippen molar-refractivity contribution in [2.24, 2.45) is 0 Å². The summed E-state index contributed by atoms with van der Waals surface area (Å²) in [5.41, 5.74) is 20.8. The number of hydrogen-bond donors (Lipinski definition) is 0. The lowest BCUT2D eigenvalue weighted by atomic mass is 9.65. The van der Waals surface area contributed by atoms with Crippen LogP contribution in [0.25, 0.3) is 88.5 Å². The van der Waals surface area contributed by atoms with E-state index in [0.717, 1.165) is 12.8 Å². The summed E-state index contributed by atoms with van der Waals surface area (Å²) in [6.45, 7) is 0. The van der Waals surface area contributed by atoms with Crippen LogP contribution in [-0.2, 0) is 18.3 Å². The average Bonchev–Trinajstić information content (AvgIpc) is 3.63. The second kappa shape index (κ2) is 15.0. The number of benzene rings is 11. The Morgan fingerprint density at radius 2 is 0.815 bits per heavy atom. The van der Waals surface area contributed by atoms with Crippen LogP contribution in [0.4, 0.5) is 0 Å². The van der Waals surface area contributed by atoms with Crippen LogP contribution in [0.15, 0.2) is 237 Å². The van der Waals surface area contributed by atoms with E-state index < -0.39 is 0 Å². The van der Waals surface area contributed by atoms with Gasteiger partial charge in [0.2, 0.25) is 0 Å². The number of fused-ring (bicyclic) bond motifs is 7. The molecule has 1 spiro atoms. The van der Waals surface area contributed by atoms with Gasteiger partial charge in [0.1, 0.15) is 0 Å². The Balaban J connectivity index is 0.887. The number of rotatable bonds is 6. The molecule has 0 nitrogen and oxygen atoms in total. The van der Waals surface area contributed by atoms with Crippen molar-refractivity contribution in [1.82, 2.24) is 0 Å². The molecule has 0 atom stereocenters. The van der Waals surface area contributed by atoms with Gasteiger partial charge in [0, 0.05) is 5.41 Å². The quantitative estimate of drug-likeness (QED) is 0.116. The Labute approximate surface area is 380 Å². The Hall–Kier alpha value is -8.06. The molecule has 11 aromatic rings. The predicted molar refractivity (Wildman–Crippen MR) is 275 cm³/mol. The molecule has 0 N–H and O–H groups in total. The summed E-state index contributed by atoms with van der Waals surface area (Å²) in [4.78, 5) is 0. The molecule has 2 aliphatic carbocycles. The Bertz CT molecular complexity index is 3530. The van der Waals surface area contributed by atoms with E-state index in [9.17, 15) is 0 Å². The maximum atomic E-state index is 2.52. The van der Waals surface area contributed by atoms with Gasteiger partial charge in [0.05, 0.1) is 0 Å². The third-order valence-corrected chi connectivity index (χ3v) is 14.4. The Kier molecular flexibility index (Phi) is 8.68. The molecule has 0 saturated carbocycles. The molecule has 0 unspecified atom stereocenters. The fourth-order valence-electron chi connectivity index (χ4n) is 11.6. The third kappa shape index (κ3) is 6.06. The molecular weight excluding hydrogens is 781 g/mol. The highest BCUT2D eigenvalue weighted by Gasteiger charge is 2.45.